The maximum Gasteiger partial charge on any atom is 0.250 e. The molecule has 1 aliphatic carbocycles. The number of hydrogen-bond donors (Lipinski definition) is 1. The molecule has 1 saturated carbocycles. The summed E-state index contributed by atoms with van der Waals surface area (Å²) in [7, 11) is 1.68. The summed E-state index contributed by atoms with van der Waals surface area (Å²) < 4.78 is 5.39. The number of hydrogen-bond acceptors (Lipinski definition) is 3. The number of aliphatic imine (C=N–C) groups is 1. The van der Waals surface area contributed by atoms with Gasteiger partial charge in [-0.2, -0.15) is 0 Å². The third-order valence-electron chi connectivity index (χ3n) is 3.00. The Morgan fingerprint density at radius 3 is 2.53 bits per heavy atom. The molecule has 1 N–H and O–H groups in total. The molecule has 0 spiro atoms. The minimum absolute atomic E-state index is 0.00213. The highest BCUT2D eigenvalue weighted by Gasteiger charge is 2.39. The summed E-state index contributed by atoms with van der Waals surface area (Å²) in [6.07, 6.45) is 2.36. The minimum atomic E-state index is -0.226. The number of rotatable bonds is 4. The molecule has 2 atom stereocenters. The fourth-order valence-electron chi connectivity index (χ4n) is 1.96. The van der Waals surface area contributed by atoms with E-state index >= 15 is 0 Å². The lowest BCUT2D eigenvalue weighted by Gasteiger charge is -2.13. The van der Waals surface area contributed by atoms with Crippen LogP contribution in [-0.4, -0.2) is 31.0 Å². The highest BCUT2D eigenvalue weighted by Crippen LogP contribution is 2.35. The van der Waals surface area contributed by atoms with Crippen LogP contribution in [0.4, 0.5) is 0 Å². The highest BCUT2D eigenvalue weighted by atomic mass is 16.5. The monoisotopic (exact) mass is 210 g/mol. The Morgan fingerprint density at radius 2 is 2.13 bits per heavy atom. The van der Waals surface area contributed by atoms with E-state index in [1.165, 1.54) is 12.8 Å². The molecule has 0 bridgehead atoms. The molecule has 0 aromatic rings. The average molecular weight is 210 g/mol. The smallest absolute Gasteiger partial charge is 0.250 e. The second-order valence-electron chi connectivity index (χ2n) is 4.69. The van der Waals surface area contributed by atoms with Crippen molar-refractivity contribution in [2.24, 2.45) is 16.8 Å². The van der Waals surface area contributed by atoms with Crippen LogP contribution in [0.2, 0.25) is 0 Å². The van der Waals surface area contributed by atoms with Gasteiger partial charge in [0.15, 0.2) is 0 Å². The van der Waals surface area contributed by atoms with Crippen molar-refractivity contribution in [3.8, 4) is 0 Å². The fraction of sp³-hybridized carbons (Fsp3) is 0.818. The zero-order valence-electron chi connectivity index (χ0n) is 9.49. The van der Waals surface area contributed by atoms with E-state index in [-0.39, 0.29) is 24.0 Å². The van der Waals surface area contributed by atoms with Crippen molar-refractivity contribution in [2.45, 2.75) is 38.8 Å². The third kappa shape index (κ3) is 2.04. The van der Waals surface area contributed by atoms with Gasteiger partial charge in [-0.25, -0.2) is 0 Å². The Kier molecular flexibility index (Phi) is 2.78. The van der Waals surface area contributed by atoms with Crippen molar-refractivity contribution < 1.29 is 9.53 Å². The molecular formula is C11H18N2O2. The number of nitrogens with zero attached hydrogens (tertiary/aromatic N) is 1. The van der Waals surface area contributed by atoms with Gasteiger partial charge >= 0.3 is 0 Å². The molecule has 84 valence electrons. The second kappa shape index (κ2) is 3.93. The molecule has 15 heavy (non-hydrogen) atoms. The maximum absolute atomic E-state index is 11.6. The second-order valence-corrected chi connectivity index (χ2v) is 4.69. The normalized spacial score (nSPS) is 27.9. The van der Waals surface area contributed by atoms with Crippen LogP contribution < -0.4 is 5.32 Å². The lowest BCUT2D eigenvalue weighted by molar-refractivity contribution is -0.120. The van der Waals surface area contributed by atoms with Crippen LogP contribution in [0.3, 0.4) is 0 Å². The molecule has 2 rings (SSSR count). The van der Waals surface area contributed by atoms with E-state index in [0.717, 1.165) is 5.84 Å². The van der Waals surface area contributed by atoms with Crippen LogP contribution in [0.5, 0.6) is 0 Å². The van der Waals surface area contributed by atoms with Crippen molar-refractivity contribution in [1.82, 2.24) is 5.32 Å². The highest BCUT2D eigenvalue weighted by molar-refractivity contribution is 6.08. The predicted octanol–water partition coefficient (Wildman–Crippen LogP) is 0.964. The molecule has 0 aromatic heterocycles. The zero-order chi connectivity index (χ0) is 11.0. The molecule has 0 aromatic carbocycles. The Morgan fingerprint density at radius 1 is 1.47 bits per heavy atom. The van der Waals surface area contributed by atoms with Gasteiger partial charge in [0.05, 0.1) is 0 Å². The molecule has 2 unspecified atom stereocenters. The summed E-state index contributed by atoms with van der Waals surface area (Å²) in [6.45, 7) is 4.02. The van der Waals surface area contributed by atoms with E-state index in [2.05, 4.69) is 10.3 Å². The molecule has 1 fully saturated rings. The number of nitrogens with one attached hydrogen (secondary N) is 1. The molecule has 0 radical (unpaired) electrons. The van der Waals surface area contributed by atoms with Crippen molar-refractivity contribution >= 4 is 11.7 Å². The first-order valence-corrected chi connectivity index (χ1v) is 5.55. The number of carbonyl (C=O) groups excluding carboxylic acids is 1. The predicted molar refractivity (Wildman–Crippen MR) is 57.7 cm³/mol. The van der Waals surface area contributed by atoms with Gasteiger partial charge in [-0.3, -0.25) is 9.79 Å². The first-order chi connectivity index (χ1) is 7.13. The van der Waals surface area contributed by atoms with Gasteiger partial charge in [0, 0.05) is 7.11 Å². The zero-order valence-corrected chi connectivity index (χ0v) is 9.49. The Labute approximate surface area is 90.1 Å². The summed E-state index contributed by atoms with van der Waals surface area (Å²) >= 11 is 0. The standard InChI is InChI=1S/C11H18N2O2/c1-6(2)8-11(14)13-10(12-8)9(15-3)7-4-5-7/h6-9H,4-5H2,1-3H3,(H,12,13,14). The summed E-state index contributed by atoms with van der Waals surface area (Å²) in [5.74, 6) is 1.56. The van der Waals surface area contributed by atoms with E-state index in [9.17, 15) is 4.79 Å². The maximum atomic E-state index is 11.6. The van der Waals surface area contributed by atoms with Crippen LogP contribution in [0.15, 0.2) is 4.99 Å². The molecule has 0 saturated heterocycles. The number of amides is 1. The van der Waals surface area contributed by atoms with Crippen LogP contribution in [0, 0.1) is 11.8 Å². The van der Waals surface area contributed by atoms with E-state index in [0.29, 0.717) is 5.92 Å². The Bertz CT molecular complexity index is 295. The average Bonchev–Trinajstić information content (AvgIpc) is 2.91. The molecule has 4 heteroatoms. The first kappa shape index (κ1) is 10.6. The topological polar surface area (TPSA) is 50.7 Å². The van der Waals surface area contributed by atoms with Crippen LogP contribution >= 0.6 is 0 Å². The van der Waals surface area contributed by atoms with Crippen molar-refractivity contribution in [3.05, 3.63) is 0 Å². The molecule has 4 nitrogen and oxygen atoms in total. The quantitative estimate of drug-likeness (QED) is 0.751. The number of amidine groups is 1. The number of carbonyl (C=O) groups is 1. The minimum Gasteiger partial charge on any atom is -0.373 e. The van der Waals surface area contributed by atoms with Gasteiger partial charge in [0.25, 0.3) is 0 Å². The summed E-state index contributed by atoms with van der Waals surface area (Å²) in [4.78, 5) is 16.0. The summed E-state index contributed by atoms with van der Waals surface area (Å²) in [6, 6.07) is -0.226. The fourth-order valence-corrected chi connectivity index (χ4v) is 1.96. The van der Waals surface area contributed by atoms with E-state index < -0.39 is 0 Å². The van der Waals surface area contributed by atoms with Gasteiger partial charge in [0.1, 0.15) is 18.0 Å². The van der Waals surface area contributed by atoms with Gasteiger partial charge in [-0.05, 0) is 24.7 Å². The largest absolute Gasteiger partial charge is 0.373 e. The Balaban J connectivity index is 2.09. The molecule has 2 aliphatic rings. The molecule has 1 amide bonds. The molecule has 1 aliphatic heterocycles. The van der Waals surface area contributed by atoms with Gasteiger partial charge in [-0.15, -0.1) is 0 Å². The lowest BCUT2D eigenvalue weighted by atomic mass is 10.1. The number of ether oxygens (including phenoxy) is 1. The summed E-state index contributed by atoms with van der Waals surface area (Å²) in [5, 5.41) is 2.84. The van der Waals surface area contributed by atoms with Gasteiger partial charge < -0.3 is 10.1 Å². The van der Waals surface area contributed by atoms with Crippen LogP contribution in [0.1, 0.15) is 26.7 Å². The molecule has 1 heterocycles. The first-order valence-electron chi connectivity index (χ1n) is 5.55. The van der Waals surface area contributed by atoms with E-state index in [1.807, 2.05) is 13.8 Å². The van der Waals surface area contributed by atoms with E-state index in [4.69, 9.17) is 4.74 Å². The van der Waals surface area contributed by atoms with E-state index in [1.54, 1.807) is 7.11 Å². The van der Waals surface area contributed by atoms with Crippen molar-refractivity contribution in [1.29, 1.82) is 0 Å². The number of methoxy groups -OCH3 is 1. The van der Waals surface area contributed by atoms with Crippen molar-refractivity contribution in [2.75, 3.05) is 7.11 Å². The van der Waals surface area contributed by atoms with Gasteiger partial charge in [0.2, 0.25) is 5.91 Å². The van der Waals surface area contributed by atoms with Crippen LogP contribution in [0.25, 0.3) is 0 Å². The lowest BCUT2D eigenvalue weighted by Crippen LogP contribution is -2.38. The summed E-state index contributed by atoms with van der Waals surface area (Å²) in [5.41, 5.74) is 0. The van der Waals surface area contributed by atoms with Gasteiger partial charge in [-0.1, -0.05) is 13.8 Å². The molecular weight excluding hydrogens is 192 g/mol. The SMILES string of the molecule is COC(C1=NC(C(C)C)C(=O)N1)C1CC1. The van der Waals surface area contributed by atoms with Crippen molar-refractivity contribution in [3.63, 3.8) is 0 Å². The third-order valence-corrected chi connectivity index (χ3v) is 3.00. The Hall–Kier alpha value is -0.900. The van der Waals surface area contributed by atoms with Crippen LogP contribution in [-0.2, 0) is 9.53 Å².